The average molecular weight is 459 g/mol. The number of benzene rings is 1. The highest BCUT2D eigenvalue weighted by molar-refractivity contribution is 5.77. The van der Waals surface area contributed by atoms with Crippen LogP contribution in [0.3, 0.4) is 0 Å². The number of aryl methyl sites for hydroxylation is 1. The highest BCUT2D eigenvalue weighted by Crippen LogP contribution is 2.37. The Morgan fingerprint density at radius 3 is 2.61 bits per heavy atom. The molecule has 0 bridgehead atoms. The van der Waals surface area contributed by atoms with Gasteiger partial charge in [-0.25, -0.2) is 4.98 Å². The van der Waals surface area contributed by atoms with Gasteiger partial charge in [-0.05, 0) is 30.5 Å². The summed E-state index contributed by atoms with van der Waals surface area (Å²) in [5, 5.41) is 10.8. The molecule has 0 unspecified atom stereocenters. The third kappa shape index (κ3) is 6.41. The molecule has 3 rings (SSSR count). The minimum absolute atomic E-state index is 0.00457. The van der Waals surface area contributed by atoms with Crippen LogP contribution in [0.1, 0.15) is 43.4 Å². The zero-order valence-electron chi connectivity index (χ0n) is 17.8. The average Bonchev–Trinajstić information content (AvgIpc) is 3.53. The number of terminal acetylenes is 1. The maximum atomic E-state index is 13.1. The Labute approximate surface area is 189 Å². The molecule has 0 aliphatic carbocycles. The number of nitrogens with zero attached hydrogens (tertiary/aromatic N) is 4. The number of nitrogens with one attached hydrogen (secondary N) is 1. The van der Waals surface area contributed by atoms with Crippen LogP contribution in [-0.4, -0.2) is 28.1 Å². The van der Waals surface area contributed by atoms with E-state index >= 15 is 0 Å². The van der Waals surface area contributed by atoms with Gasteiger partial charge in [0, 0.05) is 37.8 Å². The minimum Gasteiger partial charge on any atom is -0.383 e. The SMILES string of the molecule is C#CCCC1(CCC(=O)NCCCc2nc(N)nc(N)c2-c2cccc(C(F)(F)F)c2)N=N1. The van der Waals surface area contributed by atoms with E-state index < -0.39 is 17.4 Å². The van der Waals surface area contributed by atoms with Crippen molar-refractivity contribution in [2.45, 2.75) is 50.4 Å². The Balaban J connectivity index is 1.59. The summed E-state index contributed by atoms with van der Waals surface area (Å²) in [7, 11) is 0. The molecule has 8 nitrogen and oxygen atoms in total. The standard InChI is InChI=1S/C22H24F3N7O/c1-2-3-10-21(31-32-21)11-9-17(33)28-12-5-8-16-18(19(26)30-20(27)29-16)14-6-4-7-15(13-14)22(23,24)25/h1,4,6-7,13H,3,5,8-12H2,(H,28,33)(H4,26,27,29,30). The van der Waals surface area contributed by atoms with Crippen molar-refractivity contribution in [1.82, 2.24) is 15.3 Å². The fourth-order valence-electron chi connectivity index (χ4n) is 3.45. The number of anilines is 2. The first-order chi connectivity index (χ1) is 15.6. The number of carbonyl (C=O) groups is 1. The van der Waals surface area contributed by atoms with Gasteiger partial charge < -0.3 is 16.8 Å². The van der Waals surface area contributed by atoms with Gasteiger partial charge >= 0.3 is 6.18 Å². The van der Waals surface area contributed by atoms with Gasteiger partial charge in [-0.3, -0.25) is 4.79 Å². The van der Waals surface area contributed by atoms with Gasteiger partial charge in [-0.15, -0.1) is 12.3 Å². The molecule has 11 heteroatoms. The second-order valence-corrected chi connectivity index (χ2v) is 7.71. The van der Waals surface area contributed by atoms with Crippen molar-refractivity contribution in [3.05, 3.63) is 35.5 Å². The topological polar surface area (TPSA) is 132 Å². The van der Waals surface area contributed by atoms with Crippen LogP contribution in [0.4, 0.5) is 24.9 Å². The van der Waals surface area contributed by atoms with Crippen LogP contribution in [0.25, 0.3) is 11.1 Å². The molecule has 0 saturated heterocycles. The molecule has 2 heterocycles. The lowest BCUT2D eigenvalue weighted by atomic mass is 9.99. The summed E-state index contributed by atoms with van der Waals surface area (Å²) in [6, 6.07) is 4.79. The largest absolute Gasteiger partial charge is 0.416 e. The molecule has 1 aliphatic heterocycles. The van der Waals surface area contributed by atoms with Gasteiger partial charge in [0.1, 0.15) is 5.82 Å². The number of amides is 1. The summed E-state index contributed by atoms with van der Waals surface area (Å²) in [6.07, 6.45) is 3.51. The minimum atomic E-state index is -4.50. The fourth-order valence-corrected chi connectivity index (χ4v) is 3.45. The van der Waals surface area contributed by atoms with Crippen LogP contribution in [0, 0.1) is 12.3 Å². The van der Waals surface area contributed by atoms with Crippen molar-refractivity contribution in [1.29, 1.82) is 0 Å². The second-order valence-electron chi connectivity index (χ2n) is 7.71. The van der Waals surface area contributed by atoms with Gasteiger partial charge in [0.15, 0.2) is 5.66 Å². The Kier molecular flexibility index (Phi) is 7.16. The first kappa shape index (κ1) is 24.0. The number of nitrogen functional groups attached to an aromatic ring is 2. The Morgan fingerprint density at radius 2 is 1.94 bits per heavy atom. The van der Waals surface area contributed by atoms with E-state index in [4.69, 9.17) is 17.9 Å². The van der Waals surface area contributed by atoms with Crippen molar-refractivity contribution in [2.75, 3.05) is 18.0 Å². The zero-order chi connectivity index (χ0) is 24.1. The summed E-state index contributed by atoms with van der Waals surface area (Å²) in [6.45, 7) is 0.344. The second kappa shape index (κ2) is 9.85. The number of rotatable bonds is 10. The molecule has 2 aromatic rings. The summed E-state index contributed by atoms with van der Waals surface area (Å²) in [4.78, 5) is 20.2. The van der Waals surface area contributed by atoms with Crippen LogP contribution < -0.4 is 16.8 Å². The molecule has 1 amide bonds. The molecule has 1 aliphatic rings. The molecule has 0 spiro atoms. The normalized spacial score (nSPS) is 14.0. The number of nitrogens with two attached hydrogens (primary N) is 2. The van der Waals surface area contributed by atoms with Crippen LogP contribution in [0.15, 0.2) is 34.5 Å². The van der Waals surface area contributed by atoms with E-state index in [1.54, 1.807) is 0 Å². The van der Waals surface area contributed by atoms with Crippen LogP contribution in [0.2, 0.25) is 0 Å². The molecule has 5 N–H and O–H groups in total. The van der Waals surface area contributed by atoms with E-state index in [0.717, 1.165) is 12.1 Å². The Bertz CT molecular complexity index is 1090. The van der Waals surface area contributed by atoms with Gasteiger partial charge in [-0.1, -0.05) is 12.1 Å². The predicted octanol–water partition coefficient (Wildman–Crippen LogP) is 3.73. The van der Waals surface area contributed by atoms with Gasteiger partial charge in [0.05, 0.1) is 11.3 Å². The van der Waals surface area contributed by atoms with Crippen molar-refractivity contribution in [3.63, 3.8) is 0 Å². The molecule has 1 aromatic carbocycles. The maximum Gasteiger partial charge on any atom is 0.416 e. The molecular weight excluding hydrogens is 435 g/mol. The van der Waals surface area contributed by atoms with Crippen molar-refractivity contribution >= 4 is 17.7 Å². The van der Waals surface area contributed by atoms with E-state index in [2.05, 4.69) is 31.4 Å². The number of halogens is 3. The number of aromatic nitrogens is 2. The Hall–Kier alpha value is -3.68. The smallest absolute Gasteiger partial charge is 0.383 e. The number of hydrogen-bond donors (Lipinski definition) is 3. The number of alkyl halides is 3. The van der Waals surface area contributed by atoms with E-state index in [1.165, 1.54) is 12.1 Å². The lowest BCUT2D eigenvalue weighted by molar-refractivity contribution is -0.137. The summed E-state index contributed by atoms with van der Waals surface area (Å²) in [5.41, 5.74) is 11.3. The Morgan fingerprint density at radius 1 is 1.18 bits per heavy atom. The molecule has 0 radical (unpaired) electrons. The van der Waals surface area contributed by atoms with Gasteiger partial charge in [-0.2, -0.15) is 28.4 Å². The number of hydrogen-bond acceptors (Lipinski definition) is 7. The van der Waals surface area contributed by atoms with Crippen LogP contribution >= 0.6 is 0 Å². The first-order valence-corrected chi connectivity index (χ1v) is 10.4. The van der Waals surface area contributed by atoms with E-state index in [9.17, 15) is 18.0 Å². The molecule has 174 valence electrons. The summed E-state index contributed by atoms with van der Waals surface area (Å²) < 4.78 is 39.4. The first-order valence-electron chi connectivity index (χ1n) is 10.4. The van der Waals surface area contributed by atoms with Gasteiger partial charge in [0.25, 0.3) is 0 Å². The molecule has 0 saturated carbocycles. The van der Waals surface area contributed by atoms with Crippen molar-refractivity contribution in [3.8, 4) is 23.5 Å². The number of carbonyl (C=O) groups excluding carboxylic acids is 1. The van der Waals surface area contributed by atoms with Crippen LogP contribution in [-0.2, 0) is 17.4 Å². The maximum absolute atomic E-state index is 13.1. The predicted molar refractivity (Wildman–Crippen MR) is 118 cm³/mol. The monoisotopic (exact) mass is 459 g/mol. The molecule has 1 aromatic heterocycles. The summed E-state index contributed by atoms with van der Waals surface area (Å²) >= 11 is 0. The summed E-state index contributed by atoms with van der Waals surface area (Å²) in [5.74, 6) is 2.32. The van der Waals surface area contributed by atoms with Crippen LogP contribution in [0.5, 0.6) is 0 Å². The van der Waals surface area contributed by atoms with E-state index in [0.29, 0.717) is 49.9 Å². The molecule has 33 heavy (non-hydrogen) atoms. The third-order valence-corrected chi connectivity index (χ3v) is 5.23. The quantitative estimate of drug-likeness (QED) is 0.368. The molecule has 0 fully saturated rings. The van der Waals surface area contributed by atoms with Crippen molar-refractivity contribution in [2.24, 2.45) is 10.2 Å². The molecule has 0 atom stereocenters. The highest BCUT2D eigenvalue weighted by atomic mass is 19.4. The fraction of sp³-hybridized carbons (Fsp3) is 0.409. The molecular formula is C22H24F3N7O. The third-order valence-electron chi connectivity index (χ3n) is 5.23. The lowest BCUT2D eigenvalue weighted by Crippen LogP contribution is -2.26. The zero-order valence-corrected chi connectivity index (χ0v) is 17.8. The lowest BCUT2D eigenvalue weighted by Gasteiger charge is -2.14. The van der Waals surface area contributed by atoms with Gasteiger partial charge in [0.2, 0.25) is 11.9 Å². The van der Waals surface area contributed by atoms with E-state index in [1.807, 2.05) is 0 Å². The van der Waals surface area contributed by atoms with Crippen molar-refractivity contribution < 1.29 is 18.0 Å². The highest BCUT2D eigenvalue weighted by Gasteiger charge is 2.39. The van der Waals surface area contributed by atoms with E-state index in [-0.39, 0.29) is 29.7 Å².